The molecule has 1 aliphatic rings. The molecule has 29 heavy (non-hydrogen) atoms. The first-order valence-corrected chi connectivity index (χ1v) is 10.3. The molecule has 3 rings (SSSR count). The number of morpholine rings is 1. The minimum atomic E-state index is 0.0977. The molecule has 5 nitrogen and oxygen atoms in total. The second kappa shape index (κ2) is 10.2. The number of amides is 2. The van der Waals surface area contributed by atoms with Crippen molar-refractivity contribution in [1.82, 2.24) is 4.90 Å². The van der Waals surface area contributed by atoms with E-state index in [1.54, 1.807) is 0 Å². The van der Waals surface area contributed by atoms with Gasteiger partial charge in [-0.05, 0) is 29.2 Å². The summed E-state index contributed by atoms with van der Waals surface area (Å²) >= 11 is 0. The van der Waals surface area contributed by atoms with Gasteiger partial charge in [-0.25, -0.2) is 0 Å². The highest BCUT2D eigenvalue weighted by Crippen LogP contribution is 2.22. The lowest BCUT2D eigenvalue weighted by Gasteiger charge is -2.27. The van der Waals surface area contributed by atoms with E-state index in [9.17, 15) is 9.59 Å². The van der Waals surface area contributed by atoms with Gasteiger partial charge in [0.25, 0.3) is 0 Å². The molecule has 1 saturated heterocycles. The molecule has 1 aliphatic heterocycles. The third-order valence-corrected chi connectivity index (χ3v) is 5.01. The van der Waals surface area contributed by atoms with E-state index in [1.807, 2.05) is 64.4 Å². The summed E-state index contributed by atoms with van der Waals surface area (Å²) in [5.41, 5.74) is 2.85. The van der Waals surface area contributed by atoms with Crippen molar-refractivity contribution in [3.63, 3.8) is 0 Å². The van der Waals surface area contributed by atoms with Gasteiger partial charge in [0.15, 0.2) is 0 Å². The Bertz CT molecular complexity index is 814. The van der Waals surface area contributed by atoms with Crippen LogP contribution in [0.2, 0.25) is 0 Å². The number of ether oxygens (including phenoxy) is 1. The van der Waals surface area contributed by atoms with Crippen molar-refractivity contribution >= 4 is 17.5 Å². The Morgan fingerprint density at radius 2 is 1.69 bits per heavy atom. The fourth-order valence-electron chi connectivity index (χ4n) is 3.48. The number of carbonyl (C=O) groups excluding carboxylic acids is 2. The Morgan fingerprint density at radius 1 is 1.00 bits per heavy atom. The van der Waals surface area contributed by atoms with Crippen LogP contribution in [-0.4, -0.2) is 43.0 Å². The van der Waals surface area contributed by atoms with Crippen molar-refractivity contribution in [2.24, 2.45) is 5.92 Å². The highest BCUT2D eigenvalue weighted by atomic mass is 16.5. The highest BCUT2D eigenvalue weighted by molar-refractivity contribution is 5.93. The molecule has 0 aliphatic carbocycles. The summed E-state index contributed by atoms with van der Waals surface area (Å²) in [4.78, 5) is 29.3. The van der Waals surface area contributed by atoms with Crippen LogP contribution in [0.5, 0.6) is 0 Å². The van der Waals surface area contributed by atoms with Crippen LogP contribution in [0.15, 0.2) is 54.6 Å². The van der Waals surface area contributed by atoms with Gasteiger partial charge in [-0.2, -0.15) is 0 Å². The lowest BCUT2D eigenvalue weighted by Crippen LogP contribution is -2.41. The van der Waals surface area contributed by atoms with Gasteiger partial charge >= 0.3 is 0 Å². The summed E-state index contributed by atoms with van der Waals surface area (Å²) in [6.07, 6.45) is 0.829. The largest absolute Gasteiger partial charge is 0.378 e. The summed E-state index contributed by atoms with van der Waals surface area (Å²) in [6, 6.07) is 17.8. The molecule has 2 aromatic carbocycles. The molecule has 0 saturated carbocycles. The Morgan fingerprint density at radius 3 is 2.38 bits per heavy atom. The van der Waals surface area contributed by atoms with Gasteiger partial charge in [-0.15, -0.1) is 0 Å². The summed E-state index contributed by atoms with van der Waals surface area (Å²) in [5.74, 6) is 0.487. The van der Waals surface area contributed by atoms with Crippen LogP contribution in [0.4, 0.5) is 5.69 Å². The third kappa shape index (κ3) is 6.16. The summed E-state index contributed by atoms with van der Waals surface area (Å²) in [6.45, 7) is 7.11. The van der Waals surface area contributed by atoms with Crippen LogP contribution in [0.3, 0.4) is 0 Å². The molecular weight excluding hydrogens is 364 g/mol. The minimum Gasteiger partial charge on any atom is -0.378 e. The van der Waals surface area contributed by atoms with Gasteiger partial charge < -0.3 is 14.5 Å². The number of rotatable bonds is 7. The number of nitrogens with zero attached hydrogens (tertiary/aromatic N) is 2. The predicted molar refractivity (Wildman–Crippen MR) is 115 cm³/mol. The molecule has 2 aromatic rings. The van der Waals surface area contributed by atoms with Gasteiger partial charge in [-0.3, -0.25) is 9.59 Å². The Labute approximate surface area is 173 Å². The molecule has 0 unspecified atom stereocenters. The zero-order valence-corrected chi connectivity index (χ0v) is 17.3. The molecule has 0 atom stereocenters. The zero-order chi connectivity index (χ0) is 20.6. The highest BCUT2D eigenvalue weighted by Gasteiger charge is 2.20. The van der Waals surface area contributed by atoms with E-state index in [1.165, 1.54) is 0 Å². The van der Waals surface area contributed by atoms with E-state index in [4.69, 9.17) is 4.74 Å². The smallest absolute Gasteiger partial charge is 0.227 e. The normalized spacial score (nSPS) is 14.1. The number of benzene rings is 2. The Balaban J connectivity index is 1.78. The first-order valence-electron chi connectivity index (χ1n) is 10.3. The Kier molecular flexibility index (Phi) is 7.42. The summed E-state index contributed by atoms with van der Waals surface area (Å²) in [7, 11) is 0. The average molecular weight is 395 g/mol. The molecule has 5 heteroatoms. The van der Waals surface area contributed by atoms with Gasteiger partial charge in [0.2, 0.25) is 11.8 Å². The van der Waals surface area contributed by atoms with E-state index in [0.717, 1.165) is 16.8 Å². The lowest BCUT2D eigenvalue weighted by molar-refractivity contribution is -0.134. The van der Waals surface area contributed by atoms with Gasteiger partial charge in [0, 0.05) is 25.2 Å². The predicted octanol–water partition coefficient (Wildman–Crippen LogP) is 3.67. The van der Waals surface area contributed by atoms with Crippen LogP contribution < -0.4 is 4.90 Å². The summed E-state index contributed by atoms with van der Waals surface area (Å²) < 4.78 is 5.33. The molecule has 154 valence electrons. The Hall–Kier alpha value is -2.66. The van der Waals surface area contributed by atoms with Gasteiger partial charge in [-0.1, -0.05) is 56.3 Å². The topological polar surface area (TPSA) is 49.9 Å². The van der Waals surface area contributed by atoms with Crippen LogP contribution in [0, 0.1) is 5.92 Å². The first-order chi connectivity index (χ1) is 14.0. The molecule has 0 aromatic heterocycles. The number of carbonyl (C=O) groups is 2. The van der Waals surface area contributed by atoms with Gasteiger partial charge in [0.05, 0.1) is 26.2 Å². The zero-order valence-electron chi connectivity index (χ0n) is 17.3. The third-order valence-electron chi connectivity index (χ3n) is 5.01. The van der Waals surface area contributed by atoms with Crippen LogP contribution in [0.25, 0.3) is 0 Å². The lowest BCUT2D eigenvalue weighted by atomic mass is 10.1. The van der Waals surface area contributed by atoms with Crippen LogP contribution in [-0.2, 0) is 27.3 Å². The van der Waals surface area contributed by atoms with E-state index in [2.05, 4.69) is 13.8 Å². The summed E-state index contributed by atoms with van der Waals surface area (Å²) in [5, 5.41) is 0. The van der Waals surface area contributed by atoms with Crippen molar-refractivity contribution in [3.05, 3.63) is 65.7 Å². The van der Waals surface area contributed by atoms with Crippen LogP contribution >= 0.6 is 0 Å². The van der Waals surface area contributed by atoms with E-state index in [-0.39, 0.29) is 17.7 Å². The quantitative estimate of drug-likeness (QED) is 0.720. The second-order valence-electron chi connectivity index (χ2n) is 7.90. The molecule has 0 spiro atoms. The molecule has 0 N–H and O–H groups in total. The second-order valence-corrected chi connectivity index (χ2v) is 7.90. The maximum atomic E-state index is 13.0. The van der Waals surface area contributed by atoms with E-state index in [0.29, 0.717) is 45.7 Å². The maximum Gasteiger partial charge on any atom is 0.227 e. The molecule has 0 radical (unpaired) electrons. The van der Waals surface area contributed by atoms with E-state index >= 15 is 0 Å². The van der Waals surface area contributed by atoms with Crippen LogP contribution in [0.1, 0.15) is 31.4 Å². The standard InChI is InChI=1S/C24H30N2O3/c1-19(2)15-24(28)26(18-20-7-4-3-5-8-20)22-10-6-9-21(16-22)17-23(27)25-11-13-29-14-12-25/h3-10,16,19H,11-15,17-18H2,1-2H3. The van der Waals surface area contributed by atoms with Gasteiger partial charge in [0.1, 0.15) is 0 Å². The van der Waals surface area contributed by atoms with Crippen molar-refractivity contribution in [3.8, 4) is 0 Å². The molecule has 0 bridgehead atoms. The molecule has 2 amide bonds. The SMILES string of the molecule is CC(C)CC(=O)N(Cc1ccccc1)c1cccc(CC(=O)N2CCOCC2)c1. The monoisotopic (exact) mass is 394 g/mol. The van der Waals surface area contributed by atoms with Crippen molar-refractivity contribution in [2.45, 2.75) is 33.2 Å². The average Bonchev–Trinajstić information content (AvgIpc) is 2.73. The van der Waals surface area contributed by atoms with Crippen molar-refractivity contribution < 1.29 is 14.3 Å². The first kappa shape index (κ1) is 21.1. The number of hydrogen-bond donors (Lipinski definition) is 0. The van der Waals surface area contributed by atoms with Crippen molar-refractivity contribution in [2.75, 3.05) is 31.2 Å². The fourth-order valence-corrected chi connectivity index (χ4v) is 3.48. The minimum absolute atomic E-state index is 0.0977. The number of hydrogen-bond acceptors (Lipinski definition) is 3. The molecular formula is C24H30N2O3. The fraction of sp³-hybridized carbons (Fsp3) is 0.417. The molecule has 1 fully saturated rings. The number of anilines is 1. The van der Waals surface area contributed by atoms with Crippen molar-refractivity contribution in [1.29, 1.82) is 0 Å². The molecule has 1 heterocycles. The maximum absolute atomic E-state index is 13.0. The van der Waals surface area contributed by atoms with E-state index < -0.39 is 0 Å².